The number of nitrogens with zero attached hydrogens (tertiary/aromatic N) is 3. The number of aromatic nitrogens is 1. The van der Waals surface area contributed by atoms with Crippen LogP contribution in [0.3, 0.4) is 0 Å². The Morgan fingerprint density at radius 1 is 1.04 bits per heavy atom. The van der Waals surface area contributed by atoms with Gasteiger partial charge < -0.3 is 21.6 Å². The number of rotatable bonds is 2. The molecular weight excluding hydrogens is 304 g/mol. The van der Waals surface area contributed by atoms with Gasteiger partial charge in [-0.15, -0.1) is 0 Å². The summed E-state index contributed by atoms with van der Waals surface area (Å²) in [4.78, 5) is 12.4. The Hall–Kier alpha value is -3.35. The van der Waals surface area contributed by atoms with Gasteiger partial charge in [0, 0.05) is 5.56 Å². The number of guanidine groups is 2. The summed E-state index contributed by atoms with van der Waals surface area (Å²) in [6.45, 7) is 3.94. The van der Waals surface area contributed by atoms with Gasteiger partial charge in [0.2, 0.25) is 11.9 Å². The van der Waals surface area contributed by atoms with E-state index in [0.717, 1.165) is 16.7 Å². The fourth-order valence-corrected chi connectivity index (χ4v) is 2.46. The summed E-state index contributed by atoms with van der Waals surface area (Å²) >= 11 is 0. The molecule has 0 amide bonds. The SMILES string of the molecule is Cc1ccccc1-c1nc2cc(N=C(N)N=C(N)N)cc(C)c2o1. The molecule has 7 nitrogen and oxygen atoms in total. The largest absolute Gasteiger partial charge is 0.436 e. The minimum absolute atomic E-state index is 0.0172. The highest BCUT2D eigenvalue weighted by Gasteiger charge is 2.13. The number of aliphatic imine (C=N–C) groups is 2. The Morgan fingerprint density at radius 2 is 1.79 bits per heavy atom. The van der Waals surface area contributed by atoms with Gasteiger partial charge in [-0.2, -0.15) is 4.99 Å². The first-order chi connectivity index (χ1) is 11.4. The van der Waals surface area contributed by atoms with E-state index in [0.29, 0.717) is 22.7 Å². The zero-order valence-electron chi connectivity index (χ0n) is 13.4. The predicted molar refractivity (Wildman–Crippen MR) is 96.0 cm³/mol. The minimum Gasteiger partial charge on any atom is -0.436 e. The number of aryl methyl sites for hydroxylation is 2. The standard InChI is InChI=1S/C17H18N6O/c1-9-5-3-4-6-12(9)15-22-13-8-11(7-10(2)14(13)24-15)21-17(20)23-16(18)19/h3-8H,1-2H3,(H6,18,19,20,21,23). The van der Waals surface area contributed by atoms with Gasteiger partial charge in [-0.1, -0.05) is 18.2 Å². The maximum atomic E-state index is 5.93. The van der Waals surface area contributed by atoms with E-state index in [2.05, 4.69) is 15.0 Å². The average Bonchev–Trinajstić information content (AvgIpc) is 2.91. The molecule has 6 N–H and O–H groups in total. The van der Waals surface area contributed by atoms with Gasteiger partial charge in [-0.05, 0) is 43.2 Å². The van der Waals surface area contributed by atoms with Crippen LogP contribution in [-0.2, 0) is 0 Å². The molecule has 0 aliphatic heterocycles. The molecule has 0 atom stereocenters. The summed E-state index contributed by atoms with van der Waals surface area (Å²) in [6.07, 6.45) is 0. The van der Waals surface area contributed by atoms with Gasteiger partial charge in [0.1, 0.15) is 5.52 Å². The Bertz CT molecular complexity index is 966. The fraction of sp³-hybridized carbons (Fsp3) is 0.118. The van der Waals surface area contributed by atoms with Crippen molar-refractivity contribution in [3.8, 4) is 11.5 Å². The number of hydrogen-bond donors (Lipinski definition) is 3. The summed E-state index contributed by atoms with van der Waals surface area (Å²) in [6, 6.07) is 11.5. The molecule has 24 heavy (non-hydrogen) atoms. The molecule has 0 radical (unpaired) electrons. The van der Waals surface area contributed by atoms with E-state index >= 15 is 0 Å². The van der Waals surface area contributed by atoms with Crippen molar-refractivity contribution in [3.63, 3.8) is 0 Å². The van der Waals surface area contributed by atoms with E-state index in [1.807, 2.05) is 44.2 Å². The lowest BCUT2D eigenvalue weighted by molar-refractivity contribution is 0.617. The normalized spacial score (nSPS) is 11.7. The molecule has 3 aromatic rings. The lowest BCUT2D eigenvalue weighted by atomic mass is 10.1. The van der Waals surface area contributed by atoms with Crippen molar-refractivity contribution in [2.24, 2.45) is 27.2 Å². The number of oxazole rings is 1. The van der Waals surface area contributed by atoms with Gasteiger partial charge in [-0.25, -0.2) is 9.98 Å². The molecule has 0 unspecified atom stereocenters. The minimum atomic E-state index is -0.141. The highest BCUT2D eigenvalue weighted by molar-refractivity contribution is 5.94. The molecule has 2 aromatic carbocycles. The maximum Gasteiger partial charge on any atom is 0.227 e. The van der Waals surface area contributed by atoms with E-state index in [1.54, 1.807) is 6.07 Å². The Kier molecular flexibility index (Phi) is 3.91. The lowest BCUT2D eigenvalue weighted by Gasteiger charge is -1.99. The molecule has 0 fully saturated rings. The third kappa shape index (κ3) is 3.05. The molecule has 0 aliphatic rings. The highest BCUT2D eigenvalue weighted by atomic mass is 16.3. The highest BCUT2D eigenvalue weighted by Crippen LogP contribution is 2.31. The molecule has 0 saturated heterocycles. The topological polar surface area (TPSA) is 129 Å². The van der Waals surface area contributed by atoms with Crippen molar-refractivity contribution in [2.45, 2.75) is 13.8 Å². The van der Waals surface area contributed by atoms with Crippen molar-refractivity contribution in [1.29, 1.82) is 0 Å². The molecule has 1 heterocycles. The summed E-state index contributed by atoms with van der Waals surface area (Å²) in [5.74, 6) is 0.415. The Labute approximate surface area is 138 Å². The number of hydrogen-bond acceptors (Lipinski definition) is 3. The molecule has 122 valence electrons. The van der Waals surface area contributed by atoms with E-state index in [1.165, 1.54) is 0 Å². The second-order valence-electron chi connectivity index (χ2n) is 5.45. The lowest BCUT2D eigenvalue weighted by Crippen LogP contribution is -2.26. The fourth-order valence-electron chi connectivity index (χ4n) is 2.46. The molecule has 0 aliphatic carbocycles. The Morgan fingerprint density at radius 3 is 2.50 bits per heavy atom. The van der Waals surface area contributed by atoms with Gasteiger partial charge in [0.25, 0.3) is 0 Å². The number of nitrogens with two attached hydrogens (primary N) is 3. The zero-order valence-corrected chi connectivity index (χ0v) is 13.4. The van der Waals surface area contributed by atoms with E-state index in [9.17, 15) is 0 Å². The van der Waals surface area contributed by atoms with Crippen LogP contribution in [0.2, 0.25) is 0 Å². The van der Waals surface area contributed by atoms with Crippen LogP contribution in [0, 0.1) is 13.8 Å². The number of benzene rings is 2. The van der Waals surface area contributed by atoms with Gasteiger partial charge in [-0.3, -0.25) is 0 Å². The quantitative estimate of drug-likeness (QED) is 0.492. The Balaban J connectivity index is 2.10. The predicted octanol–water partition coefficient (Wildman–Crippen LogP) is 2.33. The van der Waals surface area contributed by atoms with Crippen LogP contribution in [0.15, 0.2) is 50.8 Å². The van der Waals surface area contributed by atoms with Crippen LogP contribution in [0.5, 0.6) is 0 Å². The molecule has 0 spiro atoms. The summed E-state index contributed by atoms with van der Waals surface area (Å²) in [7, 11) is 0. The van der Waals surface area contributed by atoms with Crippen molar-refractivity contribution >= 4 is 28.7 Å². The number of fused-ring (bicyclic) bond motifs is 1. The smallest absolute Gasteiger partial charge is 0.227 e. The molecule has 7 heteroatoms. The summed E-state index contributed by atoms with van der Waals surface area (Å²) in [5.41, 5.74) is 21.2. The van der Waals surface area contributed by atoms with Gasteiger partial charge in [0.05, 0.1) is 5.69 Å². The van der Waals surface area contributed by atoms with Crippen molar-refractivity contribution in [2.75, 3.05) is 0 Å². The second kappa shape index (κ2) is 6.04. The van der Waals surface area contributed by atoms with Crippen LogP contribution >= 0.6 is 0 Å². The van der Waals surface area contributed by atoms with Crippen LogP contribution in [0.25, 0.3) is 22.6 Å². The first-order valence-corrected chi connectivity index (χ1v) is 7.35. The summed E-state index contributed by atoms with van der Waals surface area (Å²) < 4.78 is 5.93. The molecular formula is C17H18N6O. The van der Waals surface area contributed by atoms with Crippen LogP contribution < -0.4 is 17.2 Å². The monoisotopic (exact) mass is 322 g/mol. The molecule has 0 saturated carbocycles. The molecule has 3 rings (SSSR count). The molecule has 1 aromatic heterocycles. The first kappa shape index (κ1) is 15.5. The third-order valence-corrected chi connectivity index (χ3v) is 3.52. The average molecular weight is 322 g/mol. The maximum absolute atomic E-state index is 5.93. The van der Waals surface area contributed by atoms with Gasteiger partial charge in [0.15, 0.2) is 11.5 Å². The van der Waals surface area contributed by atoms with Crippen molar-refractivity contribution in [3.05, 3.63) is 47.5 Å². The van der Waals surface area contributed by atoms with Gasteiger partial charge >= 0.3 is 0 Å². The van der Waals surface area contributed by atoms with Crippen molar-refractivity contribution < 1.29 is 4.42 Å². The zero-order chi connectivity index (χ0) is 17.3. The first-order valence-electron chi connectivity index (χ1n) is 7.35. The van der Waals surface area contributed by atoms with E-state index in [-0.39, 0.29) is 11.9 Å². The van der Waals surface area contributed by atoms with Crippen LogP contribution in [-0.4, -0.2) is 16.9 Å². The third-order valence-electron chi connectivity index (χ3n) is 3.52. The molecule has 0 bridgehead atoms. The second-order valence-corrected chi connectivity index (χ2v) is 5.45. The van der Waals surface area contributed by atoms with E-state index < -0.39 is 0 Å². The van der Waals surface area contributed by atoms with Crippen LogP contribution in [0.1, 0.15) is 11.1 Å². The van der Waals surface area contributed by atoms with Crippen LogP contribution in [0.4, 0.5) is 5.69 Å². The summed E-state index contributed by atoms with van der Waals surface area (Å²) in [5, 5.41) is 0. The van der Waals surface area contributed by atoms with Crippen molar-refractivity contribution in [1.82, 2.24) is 4.98 Å². The van der Waals surface area contributed by atoms with E-state index in [4.69, 9.17) is 21.6 Å².